The molecule has 0 atom stereocenters. The third-order valence-electron chi connectivity index (χ3n) is 1.78. The molecule has 0 spiro atoms. The van der Waals surface area contributed by atoms with E-state index in [1.165, 1.54) is 21.1 Å². The summed E-state index contributed by atoms with van der Waals surface area (Å²) in [6, 6.07) is 3.20. The van der Waals surface area contributed by atoms with E-state index in [1.54, 1.807) is 12.1 Å². The number of halogens is 1. The monoisotopic (exact) mass is 229 g/mol. The van der Waals surface area contributed by atoms with Crippen LogP contribution in [0.1, 0.15) is 6.92 Å². The van der Waals surface area contributed by atoms with E-state index < -0.39 is 0 Å². The number of nitrogens with one attached hydrogen (secondary N) is 1. The Bertz CT molecular complexity index is 379. The van der Waals surface area contributed by atoms with Gasteiger partial charge in [-0.05, 0) is 6.07 Å². The smallest absolute Gasteiger partial charge is 0.221 e. The van der Waals surface area contributed by atoms with E-state index in [2.05, 4.69) is 5.32 Å². The molecular weight excluding hydrogens is 218 g/mol. The number of ether oxygens (including phenoxy) is 2. The molecule has 0 radical (unpaired) electrons. The molecule has 82 valence electrons. The molecule has 1 aromatic carbocycles. The Balaban J connectivity index is 3.15. The van der Waals surface area contributed by atoms with Gasteiger partial charge in [0.25, 0.3) is 0 Å². The van der Waals surface area contributed by atoms with Gasteiger partial charge in [-0.3, -0.25) is 4.79 Å². The molecule has 0 saturated carbocycles. The number of benzene rings is 1. The highest BCUT2D eigenvalue weighted by Gasteiger charge is 2.10. The number of rotatable bonds is 3. The summed E-state index contributed by atoms with van der Waals surface area (Å²) in [6.07, 6.45) is 0. The van der Waals surface area contributed by atoms with Gasteiger partial charge in [0.1, 0.15) is 11.5 Å². The van der Waals surface area contributed by atoms with Crippen molar-refractivity contribution in [1.29, 1.82) is 0 Å². The third kappa shape index (κ3) is 2.76. The first-order valence-corrected chi connectivity index (χ1v) is 4.65. The summed E-state index contributed by atoms with van der Waals surface area (Å²) in [4.78, 5) is 10.9. The zero-order chi connectivity index (χ0) is 11.4. The lowest BCUT2D eigenvalue weighted by Gasteiger charge is -2.11. The molecule has 0 aliphatic rings. The Morgan fingerprint density at radius 2 is 1.87 bits per heavy atom. The van der Waals surface area contributed by atoms with E-state index in [9.17, 15) is 4.79 Å². The molecule has 0 heterocycles. The van der Waals surface area contributed by atoms with Crippen LogP contribution in [0.4, 0.5) is 5.69 Å². The quantitative estimate of drug-likeness (QED) is 0.865. The van der Waals surface area contributed by atoms with Crippen molar-refractivity contribution >= 4 is 23.2 Å². The normalized spacial score (nSPS) is 9.60. The lowest BCUT2D eigenvalue weighted by Crippen LogP contribution is -2.07. The van der Waals surface area contributed by atoms with Crippen molar-refractivity contribution < 1.29 is 14.3 Å². The topological polar surface area (TPSA) is 47.6 Å². The van der Waals surface area contributed by atoms with Crippen molar-refractivity contribution in [2.24, 2.45) is 0 Å². The van der Waals surface area contributed by atoms with Gasteiger partial charge in [-0.15, -0.1) is 0 Å². The summed E-state index contributed by atoms with van der Waals surface area (Å²) < 4.78 is 10.1. The molecule has 15 heavy (non-hydrogen) atoms. The number of amides is 1. The largest absolute Gasteiger partial charge is 0.495 e. The number of anilines is 1. The number of hydrogen-bond donors (Lipinski definition) is 1. The molecule has 1 amide bonds. The fourth-order valence-corrected chi connectivity index (χ4v) is 1.39. The van der Waals surface area contributed by atoms with E-state index in [0.717, 1.165) is 0 Å². The van der Waals surface area contributed by atoms with E-state index in [4.69, 9.17) is 21.1 Å². The van der Waals surface area contributed by atoms with Crippen molar-refractivity contribution in [1.82, 2.24) is 0 Å². The Morgan fingerprint density at radius 1 is 1.27 bits per heavy atom. The van der Waals surface area contributed by atoms with Gasteiger partial charge in [-0.25, -0.2) is 0 Å². The minimum atomic E-state index is -0.186. The minimum Gasteiger partial charge on any atom is -0.495 e. The standard InChI is InChI=1S/C10H12ClNO3/c1-6(13)12-8-4-7(11)9(14-2)5-10(8)15-3/h4-5H,1-3H3,(H,12,13). The van der Waals surface area contributed by atoms with Crippen molar-refractivity contribution in [2.45, 2.75) is 6.92 Å². The van der Waals surface area contributed by atoms with Crippen LogP contribution in [0.25, 0.3) is 0 Å². The molecule has 5 heteroatoms. The van der Waals surface area contributed by atoms with Crippen LogP contribution in [0.2, 0.25) is 5.02 Å². The van der Waals surface area contributed by atoms with E-state index in [1.807, 2.05) is 0 Å². The van der Waals surface area contributed by atoms with Gasteiger partial charge in [0.2, 0.25) is 5.91 Å². The molecular formula is C10H12ClNO3. The van der Waals surface area contributed by atoms with Gasteiger partial charge in [0, 0.05) is 13.0 Å². The second kappa shape index (κ2) is 4.89. The van der Waals surface area contributed by atoms with Crippen LogP contribution in [-0.4, -0.2) is 20.1 Å². The predicted octanol–water partition coefficient (Wildman–Crippen LogP) is 2.32. The number of carbonyl (C=O) groups excluding carboxylic acids is 1. The summed E-state index contributed by atoms with van der Waals surface area (Å²) in [5.74, 6) is 0.823. The lowest BCUT2D eigenvalue weighted by molar-refractivity contribution is -0.114. The molecule has 1 N–H and O–H groups in total. The number of methoxy groups -OCH3 is 2. The molecule has 0 saturated heterocycles. The zero-order valence-corrected chi connectivity index (χ0v) is 9.51. The Hall–Kier alpha value is -1.42. The van der Waals surface area contributed by atoms with Crippen LogP contribution in [0, 0.1) is 0 Å². The molecule has 1 rings (SSSR count). The maximum absolute atomic E-state index is 10.9. The summed E-state index contributed by atoms with van der Waals surface area (Å²) in [5, 5.41) is 3.03. The second-order valence-electron chi connectivity index (χ2n) is 2.87. The van der Waals surface area contributed by atoms with Crippen LogP contribution in [0.3, 0.4) is 0 Å². The Kier molecular flexibility index (Phi) is 3.80. The molecule has 1 aromatic rings. The molecule has 0 aliphatic carbocycles. The fourth-order valence-electron chi connectivity index (χ4n) is 1.15. The van der Waals surface area contributed by atoms with Crippen molar-refractivity contribution in [3.8, 4) is 11.5 Å². The summed E-state index contributed by atoms with van der Waals surface area (Å²) in [7, 11) is 3.02. The second-order valence-corrected chi connectivity index (χ2v) is 3.28. The predicted molar refractivity (Wildman–Crippen MR) is 58.9 cm³/mol. The SMILES string of the molecule is COc1cc(OC)c(NC(C)=O)cc1Cl. The molecule has 4 nitrogen and oxygen atoms in total. The van der Waals surface area contributed by atoms with Crippen molar-refractivity contribution in [2.75, 3.05) is 19.5 Å². The first-order chi connectivity index (χ1) is 7.08. The van der Waals surface area contributed by atoms with Crippen LogP contribution in [0.5, 0.6) is 11.5 Å². The Labute approximate surface area is 93.1 Å². The average molecular weight is 230 g/mol. The molecule has 0 aromatic heterocycles. The van der Waals surface area contributed by atoms with Gasteiger partial charge in [0.05, 0.1) is 24.9 Å². The Morgan fingerprint density at radius 3 is 2.33 bits per heavy atom. The van der Waals surface area contributed by atoms with Crippen LogP contribution >= 0.6 is 11.6 Å². The van der Waals surface area contributed by atoms with Gasteiger partial charge in [0.15, 0.2) is 0 Å². The number of carbonyl (C=O) groups is 1. The van der Waals surface area contributed by atoms with Gasteiger partial charge in [-0.2, -0.15) is 0 Å². The average Bonchev–Trinajstić information content (AvgIpc) is 2.17. The molecule has 0 bridgehead atoms. The van der Waals surface area contributed by atoms with E-state index >= 15 is 0 Å². The summed E-state index contributed by atoms with van der Waals surface area (Å²) >= 11 is 5.91. The zero-order valence-electron chi connectivity index (χ0n) is 8.76. The first-order valence-electron chi connectivity index (χ1n) is 4.27. The summed E-state index contributed by atoms with van der Waals surface area (Å²) in [6.45, 7) is 1.41. The maximum Gasteiger partial charge on any atom is 0.221 e. The third-order valence-corrected chi connectivity index (χ3v) is 2.08. The van der Waals surface area contributed by atoms with Crippen molar-refractivity contribution in [3.05, 3.63) is 17.2 Å². The molecule has 0 fully saturated rings. The van der Waals surface area contributed by atoms with Crippen molar-refractivity contribution in [3.63, 3.8) is 0 Å². The van der Waals surface area contributed by atoms with E-state index in [-0.39, 0.29) is 5.91 Å². The molecule has 0 unspecified atom stereocenters. The summed E-state index contributed by atoms with van der Waals surface area (Å²) in [5.41, 5.74) is 0.524. The van der Waals surface area contributed by atoms with E-state index in [0.29, 0.717) is 22.2 Å². The first kappa shape index (κ1) is 11.7. The maximum atomic E-state index is 10.9. The molecule has 0 aliphatic heterocycles. The number of hydrogen-bond acceptors (Lipinski definition) is 3. The van der Waals surface area contributed by atoms with Crippen LogP contribution in [0.15, 0.2) is 12.1 Å². The fraction of sp³-hybridized carbons (Fsp3) is 0.300. The highest BCUT2D eigenvalue weighted by Crippen LogP contribution is 2.35. The van der Waals surface area contributed by atoms with Gasteiger partial charge < -0.3 is 14.8 Å². The van der Waals surface area contributed by atoms with Gasteiger partial charge >= 0.3 is 0 Å². The van der Waals surface area contributed by atoms with Crippen LogP contribution in [-0.2, 0) is 4.79 Å². The minimum absolute atomic E-state index is 0.186. The highest BCUT2D eigenvalue weighted by molar-refractivity contribution is 6.32. The highest BCUT2D eigenvalue weighted by atomic mass is 35.5. The lowest BCUT2D eigenvalue weighted by atomic mass is 10.2. The van der Waals surface area contributed by atoms with Crippen LogP contribution < -0.4 is 14.8 Å². The van der Waals surface area contributed by atoms with Gasteiger partial charge in [-0.1, -0.05) is 11.6 Å².